The molecule has 0 spiro atoms. The maximum absolute atomic E-state index is 14.1. The number of aliphatic hydroxyl groups is 1. The minimum atomic E-state index is -5.08. The number of hydrogen-bond donors (Lipinski definition) is 1. The molecule has 0 aliphatic heterocycles. The van der Waals surface area contributed by atoms with Crippen LogP contribution in [0.2, 0.25) is 0 Å². The number of carbonyl (C=O) groups excluding carboxylic acids is 1. The molecule has 0 amide bonds. The summed E-state index contributed by atoms with van der Waals surface area (Å²) < 4.78 is 52.3. The van der Waals surface area contributed by atoms with Crippen LogP contribution in [0, 0.1) is 11.8 Å². The van der Waals surface area contributed by atoms with Crippen molar-refractivity contribution < 1.29 is 32.5 Å². The normalized spacial score (nSPS) is 14.7. The molecule has 0 saturated carbocycles. The van der Waals surface area contributed by atoms with Gasteiger partial charge in [-0.2, -0.15) is 13.2 Å². The van der Waals surface area contributed by atoms with Gasteiger partial charge in [0.1, 0.15) is 0 Å². The largest absolute Gasteiger partial charge is 0.446 e. The maximum Gasteiger partial charge on any atom is 0.432 e. The monoisotopic (exact) mass is 434 g/mol. The smallest absolute Gasteiger partial charge is 0.432 e. The van der Waals surface area contributed by atoms with Crippen molar-refractivity contribution in [3.8, 4) is 11.8 Å². The van der Waals surface area contributed by atoms with E-state index < -0.39 is 35.0 Å². The summed E-state index contributed by atoms with van der Waals surface area (Å²) in [6, 6.07) is 15.4. The first-order chi connectivity index (χ1) is 14.5. The van der Waals surface area contributed by atoms with Crippen molar-refractivity contribution in [1.82, 2.24) is 0 Å². The zero-order chi connectivity index (χ0) is 23.1. The van der Waals surface area contributed by atoms with E-state index in [-0.39, 0.29) is 12.8 Å². The molecular weight excluding hydrogens is 409 g/mol. The molecule has 0 fully saturated rings. The molecule has 0 aromatic heterocycles. The zero-order valence-electron chi connectivity index (χ0n) is 17.6. The maximum atomic E-state index is 14.1. The molecule has 0 heterocycles. The molecule has 0 aliphatic carbocycles. The van der Waals surface area contributed by atoms with Gasteiger partial charge in [0.25, 0.3) is 5.60 Å². The van der Waals surface area contributed by atoms with E-state index in [1.807, 2.05) is 0 Å². The van der Waals surface area contributed by atoms with Crippen molar-refractivity contribution in [3.63, 3.8) is 0 Å². The van der Waals surface area contributed by atoms with Gasteiger partial charge in [-0.15, -0.1) is 0 Å². The molecular formula is C24H25F3O4. The van der Waals surface area contributed by atoms with Gasteiger partial charge in [-0.05, 0) is 38.8 Å². The van der Waals surface area contributed by atoms with Crippen LogP contribution in [-0.2, 0) is 19.9 Å². The number of esters is 1. The van der Waals surface area contributed by atoms with E-state index >= 15 is 0 Å². The summed E-state index contributed by atoms with van der Waals surface area (Å²) in [5.74, 6) is 3.90. The molecule has 1 N–H and O–H groups in total. The Labute approximate surface area is 180 Å². The van der Waals surface area contributed by atoms with Gasteiger partial charge < -0.3 is 14.6 Å². The summed E-state index contributed by atoms with van der Waals surface area (Å²) in [5.41, 5.74) is -4.19. The van der Waals surface area contributed by atoms with Gasteiger partial charge in [-0.3, -0.25) is 0 Å². The Morgan fingerprint density at radius 2 is 1.58 bits per heavy atom. The number of benzene rings is 2. The fraction of sp³-hybridized carbons (Fsp3) is 0.375. The molecule has 31 heavy (non-hydrogen) atoms. The van der Waals surface area contributed by atoms with Crippen molar-refractivity contribution in [2.45, 2.75) is 50.2 Å². The summed E-state index contributed by atoms with van der Waals surface area (Å²) >= 11 is 0. The molecule has 7 heteroatoms. The number of rotatable bonds is 7. The summed E-state index contributed by atoms with van der Waals surface area (Å²) in [7, 11) is 0.809. The molecule has 0 radical (unpaired) electrons. The third kappa shape index (κ3) is 6.33. The van der Waals surface area contributed by atoms with Crippen LogP contribution in [0.3, 0.4) is 0 Å². The van der Waals surface area contributed by atoms with Crippen molar-refractivity contribution in [1.29, 1.82) is 0 Å². The predicted molar refractivity (Wildman–Crippen MR) is 110 cm³/mol. The van der Waals surface area contributed by atoms with Crippen molar-refractivity contribution in [3.05, 3.63) is 71.8 Å². The van der Waals surface area contributed by atoms with E-state index in [2.05, 4.69) is 11.8 Å². The van der Waals surface area contributed by atoms with Crippen LogP contribution in [0.25, 0.3) is 0 Å². The van der Waals surface area contributed by atoms with Crippen LogP contribution >= 0.6 is 0 Å². The lowest BCUT2D eigenvalue weighted by molar-refractivity contribution is -0.277. The summed E-state index contributed by atoms with van der Waals surface area (Å²) in [5, 5.41) is 10.0. The first-order valence-corrected chi connectivity index (χ1v) is 9.67. The Morgan fingerprint density at radius 3 is 2.06 bits per heavy atom. The SMILES string of the molecule is CO[C@@](C(=O)O[C@@H](C#Cc1ccccc1)CCC(C)(C)O)(c1ccccc1)C(F)(F)F. The summed E-state index contributed by atoms with van der Waals surface area (Å²) in [4.78, 5) is 12.9. The van der Waals surface area contributed by atoms with E-state index in [1.54, 1.807) is 44.2 Å². The van der Waals surface area contributed by atoms with Gasteiger partial charge in [-0.25, -0.2) is 4.79 Å². The number of alkyl halides is 3. The zero-order valence-corrected chi connectivity index (χ0v) is 17.6. The van der Waals surface area contributed by atoms with E-state index in [9.17, 15) is 23.1 Å². The molecule has 2 aromatic rings. The Hall–Kier alpha value is -2.82. The third-order valence-corrected chi connectivity index (χ3v) is 4.59. The second kappa shape index (κ2) is 9.99. The third-order valence-electron chi connectivity index (χ3n) is 4.59. The predicted octanol–water partition coefficient (Wildman–Crippen LogP) is 4.61. The standard InChI is InChI=1S/C24H25F3O4/c1-22(2,29)17-16-20(15-14-18-10-6-4-7-11-18)31-21(28)23(30-3,24(25,26)27)19-12-8-5-9-13-19/h4-13,20,29H,16-17H2,1-3H3/t20-,23+/m0/s1. The highest BCUT2D eigenvalue weighted by Crippen LogP contribution is 2.43. The Kier molecular flexibility index (Phi) is 7.88. The van der Waals surface area contributed by atoms with Gasteiger partial charge in [0, 0.05) is 18.2 Å². The first kappa shape index (κ1) is 24.4. The highest BCUT2D eigenvalue weighted by molar-refractivity contribution is 5.83. The molecule has 2 rings (SSSR count). The highest BCUT2D eigenvalue weighted by atomic mass is 19.4. The average molecular weight is 434 g/mol. The summed E-state index contributed by atoms with van der Waals surface area (Å²) in [6.07, 6.45) is -6.05. The number of ether oxygens (including phenoxy) is 2. The molecule has 2 aromatic carbocycles. The minimum Gasteiger partial charge on any atom is -0.446 e. The van der Waals surface area contributed by atoms with Crippen molar-refractivity contribution >= 4 is 5.97 Å². The van der Waals surface area contributed by atoms with Crippen LogP contribution in [0.4, 0.5) is 13.2 Å². The van der Waals surface area contributed by atoms with Crippen LogP contribution in [0.5, 0.6) is 0 Å². The minimum absolute atomic E-state index is 0.0432. The number of methoxy groups -OCH3 is 1. The molecule has 4 nitrogen and oxygen atoms in total. The molecule has 0 bridgehead atoms. The van der Waals surface area contributed by atoms with Crippen LogP contribution < -0.4 is 0 Å². The van der Waals surface area contributed by atoms with Crippen LogP contribution in [0.1, 0.15) is 37.8 Å². The lowest BCUT2D eigenvalue weighted by Crippen LogP contribution is -2.52. The second-order valence-electron chi connectivity index (χ2n) is 7.63. The Bertz CT molecular complexity index is 909. The quantitative estimate of drug-likeness (QED) is 0.511. The van der Waals surface area contributed by atoms with Gasteiger partial charge in [0.15, 0.2) is 6.10 Å². The average Bonchev–Trinajstić information content (AvgIpc) is 2.71. The van der Waals surface area contributed by atoms with E-state index in [0.29, 0.717) is 5.56 Å². The number of hydrogen-bond acceptors (Lipinski definition) is 4. The lowest BCUT2D eigenvalue weighted by Gasteiger charge is -2.33. The van der Waals surface area contributed by atoms with Crippen LogP contribution in [0.15, 0.2) is 60.7 Å². The molecule has 2 atom stereocenters. The second-order valence-corrected chi connectivity index (χ2v) is 7.63. The van der Waals surface area contributed by atoms with E-state index in [1.165, 1.54) is 18.2 Å². The van der Waals surface area contributed by atoms with Crippen molar-refractivity contribution in [2.75, 3.05) is 7.11 Å². The fourth-order valence-electron chi connectivity index (χ4n) is 2.93. The molecule has 0 saturated heterocycles. The van der Waals surface area contributed by atoms with Gasteiger partial charge >= 0.3 is 12.1 Å². The lowest BCUT2D eigenvalue weighted by atomic mass is 9.92. The molecule has 166 valence electrons. The van der Waals surface area contributed by atoms with Gasteiger partial charge in [0.2, 0.25) is 0 Å². The van der Waals surface area contributed by atoms with Crippen molar-refractivity contribution in [2.24, 2.45) is 0 Å². The Balaban J connectivity index is 2.40. The first-order valence-electron chi connectivity index (χ1n) is 9.67. The number of carbonyl (C=O) groups is 1. The number of halogens is 3. The molecule has 0 unspecified atom stereocenters. The fourth-order valence-corrected chi connectivity index (χ4v) is 2.93. The van der Waals surface area contributed by atoms with Gasteiger partial charge in [0.05, 0.1) is 5.60 Å². The topological polar surface area (TPSA) is 55.8 Å². The summed E-state index contributed by atoms with van der Waals surface area (Å²) in [6.45, 7) is 3.10. The van der Waals surface area contributed by atoms with E-state index in [0.717, 1.165) is 19.2 Å². The van der Waals surface area contributed by atoms with Gasteiger partial charge in [-0.1, -0.05) is 60.4 Å². The Morgan fingerprint density at radius 1 is 1.03 bits per heavy atom. The molecule has 0 aliphatic rings. The van der Waals surface area contributed by atoms with E-state index in [4.69, 9.17) is 9.47 Å². The van der Waals surface area contributed by atoms with Crippen LogP contribution in [-0.4, -0.2) is 36.1 Å². The highest BCUT2D eigenvalue weighted by Gasteiger charge is 2.64.